The molecule has 0 spiro atoms. The van der Waals surface area contributed by atoms with Gasteiger partial charge in [0, 0.05) is 0 Å². The highest BCUT2D eigenvalue weighted by molar-refractivity contribution is 5.59. The number of ether oxygens (including phenoxy) is 4. The summed E-state index contributed by atoms with van der Waals surface area (Å²) < 4.78 is 21.7. The van der Waals surface area contributed by atoms with Gasteiger partial charge in [-0.2, -0.15) is 0 Å². The molecular formula is C12H14O4. The topological polar surface area (TPSA) is 36.9 Å². The zero-order chi connectivity index (χ0) is 11.4. The second-order valence-electron chi connectivity index (χ2n) is 3.22. The second kappa shape index (κ2) is 4.79. The Hall–Kier alpha value is -1.84. The van der Waals surface area contributed by atoms with Gasteiger partial charge in [-0.15, -0.1) is 0 Å². The first-order chi connectivity index (χ1) is 7.86. The van der Waals surface area contributed by atoms with E-state index >= 15 is 0 Å². The van der Waals surface area contributed by atoms with Gasteiger partial charge >= 0.3 is 0 Å². The molecule has 4 nitrogen and oxygen atoms in total. The molecule has 16 heavy (non-hydrogen) atoms. The van der Waals surface area contributed by atoms with Crippen molar-refractivity contribution < 1.29 is 18.9 Å². The van der Waals surface area contributed by atoms with Crippen molar-refractivity contribution in [2.75, 3.05) is 26.9 Å². The molecule has 0 saturated carbocycles. The molecule has 1 aliphatic rings. The Bertz CT molecular complexity index is 387. The normalized spacial score (nSPS) is 13.1. The Morgan fingerprint density at radius 1 is 1.38 bits per heavy atom. The number of benzene rings is 1. The van der Waals surface area contributed by atoms with E-state index in [1.807, 2.05) is 6.07 Å². The first kappa shape index (κ1) is 10.7. The van der Waals surface area contributed by atoms with E-state index in [9.17, 15) is 0 Å². The van der Waals surface area contributed by atoms with Gasteiger partial charge in [-0.25, -0.2) is 0 Å². The van der Waals surface area contributed by atoms with Gasteiger partial charge in [0.05, 0.1) is 7.11 Å². The minimum Gasteiger partial charge on any atom is -0.490 e. The maximum Gasteiger partial charge on any atom is 0.207 e. The van der Waals surface area contributed by atoms with E-state index in [1.54, 1.807) is 19.3 Å². The van der Waals surface area contributed by atoms with Gasteiger partial charge in [0.25, 0.3) is 0 Å². The Kier molecular flexibility index (Phi) is 3.19. The molecule has 0 aromatic heterocycles. The Morgan fingerprint density at radius 2 is 2.19 bits per heavy atom. The summed E-state index contributed by atoms with van der Waals surface area (Å²) in [5, 5.41) is 0. The monoisotopic (exact) mass is 222 g/mol. The lowest BCUT2D eigenvalue weighted by molar-refractivity contribution is 0.163. The zero-order valence-corrected chi connectivity index (χ0v) is 9.19. The predicted molar refractivity (Wildman–Crippen MR) is 59.7 cm³/mol. The van der Waals surface area contributed by atoms with Crippen LogP contribution in [0.15, 0.2) is 24.8 Å². The summed E-state index contributed by atoms with van der Waals surface area (Å²) in [4.78, 5) is 0. The molecule has 4 heteroatoms. The molecular weight excluding hydrogens is 208 g/mol. The summed E-state index contributed by atoms with van der Waals surface area (Å²) in [5.41, 5.74) is 0. The average molecular weight is 222 g/mol. The Balaban J connectivity index is 2.35. The van der Waals surface area contributed by atoms with E-state index in [1.165, 1.54) is 0 Å². The minimum atomic E-state index is 0.427. The summed E-state index contributed by atoms with van der Waals surface area (Å²) in [6.45, 7) is 5.10. The fourth-order valence-corrected chi connectivity index (χ4v) is 1.53. The molecule has 0 atom stereocenters. The number of methoxy groups -OCH3 is 1. The summed E-state index contributed by atoms with van der Waals surface area (Å²) in [7, 11) is 1.58. The smallest absolute Gasteiger partial charge is 0.207 e. The molecule has 2 rings (SSSR count). The van der Waals surface area contributed by atoms with Crippen LogP contribution in [0.4, 0.5) is 0 Å². The van der Waals surface area contributed by atoms with Gasteiger partial charge in [0.15, 0.2) is 11.5 Å². The molecule has 0 unspecified atom stereocenters. The van der Waals surface area contributed by atoms with Gasteiger partial charge < -0.3 is 18.9 Å². The van der Waals surface area contributed by atoms with Crippen molar-refractivity contribution in [3.63, 3.8) is 0 Å². The molecule has 0 aliphatic carbocycles. The highest BCUT2D eigenvalue weighted by Crippen LogP contribution is 2.45. The standard InChI is InChI=1S/C12H14O4/c1-3-6-14-9-4-5-10-12(11(9)13-2)16-8-7-15-10/h3-5H,1,6-8H2,2H3. The van der Waals surface area contributed by atoms with E-state index in [2.05, 4.69) is 6.58 Å². The maximum atomic E-state index is 5.51. The van der Waals surface area contributed by atoms with Crippen molar-refractivity contribution in [3.8, 4) is 23.0 Å². The lowest BCUT2D eigenvalue weighted by Gasteiger charge is -2.21. The number of hydrogen-bond donors (Lipinski definition) is 0. The quantitative estimate of drug-likeness (QED) is 0.730. The molecule has 0 N–H and O–H groups in total. The molecule has 0 saturated heterocycles. The summed E-state index contributed by atoms with van der Waals surface area (Å²) >= 11 is 0. The highest BCUT2D eigenvalue weighted by Gasteiger charge is 2.20. The molecule has 86 valence electrons. The van der Waals surface area contributed by atoms with Crippen molar-refractivity contribution >= 4 is 0 Å². The van der Waals surface area contributed by atoms with E-state index < -0.39 is 0 Å². The largest absolute Gasteiger partial charge is 0.490 e. The zero-order valence-electron chi connectivity index (χ0n) is 9.19. The van der Waals surface area contributed by atoms with Crippen molar-refractivity contribution in [3.05, 3.63) is 24.8 Å². The molecule has 0 radical (unpaired) electrons. The van der Waals surface area contributed by atoms with Crippen LogP contribution in [0, 0.1) is 0 Å². The van der Waals surface area contributed by atoms with Crippen LogP contribution in [0.5, 0.6) is 23.0 Å². The minimum absolute atomic E-state index is 0.427. The van der Waals surface area contributed by atoms with E-state index in [0.717, 1.165) is 0 Å². The van der Waals surface area contributed by atoms with Crippen molar-refractivity contribution in [1.29, 1.82) is 0 Å². The third kappa shape index (κ3) is 1.91. The Labute approximate surface area is 94.4 Å². The van der Waals surface area contributed by atoms with E-state index in [-0.39, 0.29) is 0 Å². The van der Waals surface area contributed by atoms with Gasteiger partial charge in [-0.3, -0.25) is 0 Å². The summed E-state index contributed by atoms with van der Waals surface area (Å²) in [5.74, 6) is 2.50. The lowest BCUT2D eigenvalue weighted by atomic mass is 10.2. The molecule has 1 aliphatic heterocycles. The second-order valence-corrected chi connectivity index (χ2v) is 3.22. The van der Waals surface area contributed by atoms with Gasteiger partial charge in [-0.1, -0.05) is 12.7 Å². The molecule has 1 aromatic rings. The summed E-state index contributed by atoms with van der Waals surface area (Å²) in [6, 6.07) is 3.62. The number of fused-ring (bicyclic) bond motifs is 1. The highest BCUT2D eigenvalue weighted by atomic mass is 16.6. The average Bonchev–Trinajstić information content (AvgIpc) is 2.35. The van der Waals surface area contributed by atoms with Crippen molar-refractivity contribution in [2.24, 2.45) is 0 Å². The van der Waals surface area contributed by atoms with Crippen LogP contribution < -0.4 is 18.9 Å². The molecule has 0 fully saturated rings. The predicted octanol–water partition coefficient (Wildman–Crippen LogP) is 2.03. The maximum absolute atomic E-state index is 5.51. The molecule has 1 aromatic carbocycles. The number of rotatable bonds is 4. The van der Waals surface area contributed by atoms with E-state index in [0.29, 0.717) is 42.8 Å². The van der Waals surface area contributed by atoms with Crippen LogP contribution in [0.3, 0.4) is 0 Å². The first-order valence-electron chi connectivity index (χ1n) is 5.07. The SMILES string of the molecule is C=CCOc1ccc2c(c1OC)OCCO2. The van der Waals surface area contributed by atoms with Crippen molar-refractivity contribution in [2.45, 2.75) is 0 Å². The fourth-order valence-electron chi connectivity index (χ4n) is 1.53. The van der Waals surface area contributed by atoms with Gasteiger partial charge in [-0.05, 0) is 12.1 Å². The van der Waals surface area contributed by atoms with Crippen LogP contribution in [0.25, 0.3) is 0 Å². The summed E-state index contributed by atoms with van der Waals surface area (Å²) in [6.07, 6.45) is 1.68. The van der Waals surface area contributed by atoms with Crippen LogP contribution in [-0.4, -0.2) is 26.9 Å². The first-order valence-corrected chi connectivity index (χ1v) is 5.07. The molecule has 0 bridgehead atoms. The Morgan fingerprint density at radius 3 is 2.94 bits per heavy atom. The van der Waals surface area contributed by atoms with Crippen molar-refractivity contribution in [1.82, 2.24) is 0 Å². The fraction of sp³-hybridized carbons (Fsp3) is 0.333. The van der Waals surface area contributed by atoms with Gasteiger partial charge in [0.1, 0.15) is 19.8 Å². The van der Waals surface area contributed by atoms with Crippen LogP contribution in [0.1, 0.15) is 0 Å². The van der Waals surface area contributed by atoms with E-state index in [4.69, 9.17) is 18.9 Å². The van der Waals surface area contributed by atoms with Crippen LogP contribution >= 0.6 is 0 Å². The third-order valence-electron chi connectivity index (χ3n) is 2.19. The molecule has 1 heterocycles. The van der Waals surface area contributed by atoms with Crippen LogP contribution in [-0.2, 0) is 0 Å². The van der Waals surface area contributed by atoms with Gasteiger partial charge in [0.2, 0.25) is 11.5 Å². The van der Waals surface area contributed by atoms with Crippen LogP contribution in [0.2, 0.25) is 0 Å². The number of hydrogen-bond acceptors (Lipinski definition) is 4. The molecule has 0 amide bonds. The lowest BCUT2D eigenvalue weighted by Crippen LogP contribution is -2.16. The third-order valence-corrected chi connectivity index (χ3v) is 2.19.